The molecule has 0 unspecified atom stereocenters. The van der Waals surface area contributed by atoms with E-state index in [1.807, 2.05) is 0 Å². The van der Waals surface area contributed by atoms with Gasteiger partial charge in [-0.1, -0.05) is 83.1 Å². The summed E-state index contributed by atoms with van der Waals surface area (Å²) in [7, 11) is 2.25. The molecule has 4 aromatic rings. The van der Waals surface area contributed by atoms with Crippen molar-refractivity contribution in [2.24, 2.45) is 12.5 Å². The lowest BCUT2D eigenvalue weighted by atomic mass is 9.82. The van der Waals surface area contributed by atoms with Gasteiger partial charge in [0.2, 0.25) is 5.69 Å². The Balaban J connectivity index is 1.67. The van der Waals surface area contributed by atoms with Gasteiger partial charge in [-0.05, 0) is 93.2 Å². The molecule has 1 aromatic heterocycles. The second kappa shape index (κ2) is 8.17. The lowest BCUT2D eigenvalue weighted by Crippen LogP contribution is -2.33. The molecule has 0 fully saturated rings. The van der Waals surface area contributed by atoms with Crippen LogP contribution in [-0.2, 0) is 26.3 Å². The summed E-state index contributed by atoms with van der Waals surface area (Å²) in [6.45, 7) is 14.1. The Kier molecular flexibility index (Phi) is 5.27. The van der Waals surface area contributed by atoms with E-state index in [2.05, 4.69) is 114 Å². The zero-order chi connectivity index (χ0) is 25.4. The first-order valence-electron chi connectivity index (χ1n) is 13.5. The van der Waals surface area contributed by atoms with Crippen LogP contribution in [0.15, 0.2) is 60.8 Å². The van der Waals surface area contributed by atoms with Gasteiger partial charge in [-0.25, -0.2) is 4.57 Å². The Morgan fingerprint density at radius 3 is 1.94 bits per heavy atom. The molecule has 0 aliphatic heterocycles. The van der Waals surface area contributed by atoms with E-state index in [0.29, 0.717) is 5.92 Å². The van der Waals surface area contributed by atoms with Gasteiger partial charge in [0, 0.05) is 11.6 Å². The molecule has 0 bridgehead atoms. The summed E-state index contributed by atoms with van der Waals surface area (Å²) in [5, 5.41) is 0. The Bertz CT molecular complexity index is 1530. The van der Waals surface area contributed by atoms with Gasteiger partial charge in [-0.2, -0.15) is 0 Å². The molecule has 6 rings (SSSR count). The first-order chi connectivity index (χ1) is 17.1. The predicted molar refractivity (Wildman–Crippen MR) is 152 cm³/mol. The van der Waals surface area contributed by atoms with Crippen LogP contribution < -0.4 is 4.57 Å². The summed E-state index contributed by atoms with van der Waals surface area (Å²) in [6.07, 6.45) is 5.54. The van der Waals surface area contributed by atoms with E-state index in [1.165, 1.54) is 72.5 Å². The summed E-state index contributed by atoms with van der Waals surface area (Å²) in [6, 6.07) is 20.7. The van der Waals surface area contributed by atoms with E-state index >= 15 is 0 Å². The highest BCUT2D eigenvalue weighted by molar-refractivity contribution is 6.00. The van der Waals surface area contributed by atoms with Crippen molar-refractivity contribution in [1.29, 1.82) is 0 Å². The van der Waals surface area contributed by atoms with Gasteiger partial charge in [-0.3, -0.25) is 0 Å². The minimum absolute atomic E-state index is 0.244. The van der Waals surface area contributed by atoms with Gasteiger partial charge in [0.25, 0.3) is 0 Å². The second-order valence-electron chi connectivity index (χ2n) is 12.5. The summed E-state index contributed by atoms with van der Waals surface area (Å²) in [5.74, 6) is 0.508. The van der Waals surface area contributed by atoms with Gasteiger partial charge >= 0.3 is 0 Å². The highest BCUT2D eigenvalue weighted by Gasteiger charge is 2.35. The molecule has 1 heterocycles. The monoisotopic (exact) mass is 472 g/mol. The van der Waals surface area contributed by atoms with Crippen LogP contribution in [0, 0.1) is 12.3 Å². The Hall–Kier alpha value is -3.19. The van der Waals surface area contributed by atoms with Crippen molar-refractivity contribution in [3.05, 3.63) is 99.7 Å². The van der Waals surface area contributed by atoms with Crippen LogP contribution >= 0.6 is 0 Å². The third-order valence-corrected chi connectivity index (χ3v) is 8.28. The molecule has 0 spiro atoms. The highest BCUT2D eigenvalue weighted by Crippen LogP contribution is 2.53. The fourth-order valence-electron chi connectivity index (χ4n) is 6.75. The van der Waals surface area contributed by atoms with E-state index in [4.69, 9.17) is 0 Å². The lowest BCUT2D eigenvalue weighted by molar-refractivity contribution is -0.661. The third-order valence-electron chi connectivity index (χ3n) is 8.28. The van der Waals surface area contributed by atoms with Crippen LogP contribution in [0.25, 0.3) is 33.5 Å². The van der Waals surface area contributed by atoms with Gasteiger partial charge in [0.1, 0.15) is 7.05 Å². The first kappa shape index (κ1) is 23.2. The van der Waals surface area contributed by atoms with E-state index in [9.17, 15) is 0 Å². The topological polar surface area (TPSA) is 3.88 Å². The molecule has 36 heavy (non-hydrogen) atoms. The maximum absolute atomic E-state index is 2.53. The molecule has 2 aliphatic carbocycles. The van der Waals surface area contributed by atoms with Crippen LogP contribution in [0.3, 0.4) is 0 Å². The summed E-state index contributed by atoms with van der Waals surface area (Å²) >= 11 is 0. The van der Waals surface area contributed by atoms with Crippen molar-refractivity contribution in [3.63, 3.8) is 0 Å². The maximum atomic E-state index is 2.53. The molecule has 0 radical (unpaired) electrons. The van der Waals surface area contributed by atoms with Gasteiger partial charge in [0.05, 0.1) is 5.56 Å². The summed E-state index contributed by atoms with van der Waals surface area (Å²) in [5.41, 5.74) is 19.3. The van der Waals surface area contributed by atoms with Gasteiger partial charge in [-0.15, -0.1) is 0 Å². The molecule has 0 N–H and O–H groups in total. The van der Waals surface area contributed by atoms with E-state index in [-0.39, 0.29) is 5.41 Å². The molecule has 0 saturated carbocycles. The Labute approximate surface area is 216 Å². The molecule has 0 amide bonds. The summed E-state index contributed by atoms with van der Waals surface area (Å²) < 4.78 is 2.40. The van der Waals surface area contributed by atoms with Crippen molar-refractivity contribution in [2.45, 2.75) is 66.7 Å². The smallest absolute Gasteiger partial charge is 0.201 e. The number of pyridine rings is 1. The molecular weight excluding hydrogens is 434 g/mol. The molecule has 3 aromatic carbocycles. The average Bonchev–Trinajstić information content (AvgIpc) is 3.38. The fourth-order valence-corrected chi connectivity index (χ4v) is 6.75. The molecule has 182 valence electrons. The van der Waals surface area contributed by atoms with Crippen molar-refractivity contribution in [1.82, 2.24) is 0 Å². The normalized spacial score (nSPS) is 13.6. The largest absolute Gasteiger partial charge is 0.213 e. The maximum Gasteiger partial charge on any atom is 0.213 e. The molecule has 1 nitrogen and oxygen atoms in total. The summed E-state index contributed by atoms with van der Waals surface area (Å²) in [4.78, 5) is 0. The quantitative estimate of drug-likeness (QED) is 0.228. The Morgan fingerprint density at radius 1 is 0.806 bits per heavy atom. The minimum atomic E-state index is 0.244. The minimum Gasteiger partial charge on any atom is -0.201 e. The number of fused-ring (bicyclic) bond motifs is 7. The second-order valence-corrected chi connectivity index (χ2v) is 12.5. The first-order valence-corrected chi connectivity index (χ1v) is 13.5. The number of nitrogens with zero attached hydrogens (tertiary/aromatic N) is 1. The van der Waals surface area contributed by atoms with Crippen LogP contribution in [0.4, 0.5) is 0 Å². The SMILES string of the molecule is Cc1c2c(c3c(c1-c1cc(CC(C)(C)C)c(C(C)C)c[n+]1C)Cc1ccccc1-3)-c1ccccc1C2. The zero-order valence-electron chi connectivity index (χ0n) is 22.9. The fraction of sp³-hybridized carbons (Fsp3) is 0.343. The molecule has 0 saturated heterocycles. The van der Waals surface area contributed by atoms with Crippen molar-refractivity contribution < 1.29 is 4.57 Å². The predicted octanol–water partition coefficient (Wildman–Crippen LogP) is 8.34. The number of hydrogen-bond donors (Lipinski definition) is 0. The highest BCUT2D eigenvalue weighted by atomic mass is 14.9. The number of hydrogen-bond acceptors (Lipinski definition) is 0. The number of rotatable bonds is 3. The van der Waals surface area contributed by atoms with Crippen molar-refractivity contribution in [3.8, 4) is 33.5 Å². The lowest BCUT2D eigenvalue weighted by Gasteiger charge is -2.23. The standard InChI is InChI=1S/C35H38N/c1-21(2)30-20-36(7)31(18-25(30)19-35(4,5)6)32-22(3)28-16-23-12-8-10-14-26(23)33(28)34-27-15-11-9-13-24(27)17-29(32)34/h8-15,18,20-21H,16-17,19H2,1-7H3/q+1. The Morgan fingerprint density at radius 2 is 1.36 bits per heavy atom. The number of aryl methyl sites for hydroxylation is 1. The van der Waals surface area contributed by atoms with Crippen molar-refractivity contribution in [2.75, 3.05) is 0 Å². The van der Waals surface area contributed by atoms with Gasteiger partial charge < -0.3 is 0 Å². The van der Waals surface area contributed by atoms with Crippen LogP contribution in [0.5, 0.6) is 0 Å². The van der Waals surface area contributed by atoms with Crippen molar-refractivity contribution >= 4 is 0 Å². The number of aromatic nitrogens is 1. The van der Waals surface area contributed by atoms with Crippen LogP contribution in [0.2, 0.25) is 0 Å². The molecule has 2 aliphatic rings. The molecular formula is C35H38N+. The van der Waals surface area contributed by atoms with E-state index < -0.39 is 0 Å². The molecule has 0 atom stereocenters. The zero-order valence-corrected chi connectivity index (χ0v) is 22.9. The van der Waals surface area contributed by atoms with Gasteiger partial charge in [0.15, 0.2) is 6.20 Å². The van der Waals surface area contributed by atoms with E-state index in [0.717, 1.165) is 19.3 Å². The van der Waals surface area contributed by atoms with E-state index in [1.54, 1.807) is 0 Å². The number of benzene rings is 3. The average molecular weight is 473 g/mol. The molecule has 1 heteroatoms. The van der Waals surface area contributed by atoms with Crippen LogP contribution in [-0.4, -0.2) is 0 Å². The third kappa shape index (κ3) is 3.55. The van der Waals surface area contributed by atoms with Crippen LogP contribution in [0.1, 0.15) is 79.5 Å².